The Bertz CT molecular complexity index is 440. The molecule has 0 spiro atoms. The van der Waals surface area contributed by atoms with Gasteiger partial charge in [0, 0.05) is 0 Å². The average molecular weight is 286 g/mol. The summed E-state index contributed by atoms with van der Waals surface area (Å²) < 4.78 is 44.2. The van der Waals surface area contributed by atoms with Crippen LogP contribution in [0.15, 0.2) is 12.1 Å². The second kappa shape index (κ2) is 7.00. The van der Waals surface area contributed by atoms with Gasteiger partial charge in [0.05, 0.1) is 0 Å². The molecule has 1 saturated carbocycles. The van der Waals surface area contributed by atoms with Gasteiger partial charge in [-0.15, -0.1) is 0 Å². The Morgan fingerprint density at radius 1 is 1.10 bits per heavy atom. The normalized spacial score (nSPS) is 22.8. The first kappa shape index (κ1) is 15.2. The molecule has 1 aromatic rings. The van der Waals surface area contributed by atoms with Gasteiger partial charge in [0.15, 0.2) is 11.6 Å². The summed E-state index contributed by atoms with van der Waals surface area (Å²) in [6.07, 6.45) is 6.32. The molecule has 1 aliphatic carbocycles. The molecule has 0 heterocycles. The van der Waals surface area contributed by atoms with E-state index in [0.717, 1.165) is 31.6 Å². The topological polar surface area (TPSA) is 9.23 Å². The first-order valence-corrected chi connectivity index (χ1v) is 7.34. The van der Waals surface area contributed by atoms with Crippen LogP contribution in [0, 0.1) is 17.6 Å². The third kappa shape index (κ3) is 3.28. The molecule has 0 saturated heterocycles. The fourth-order valence-corrected chi connectivity index (χ4v) is 3.20. The zero-order chi connectivity index (χ0) is 14.5. The number of ether oxygens (including phenoxy) is 1. The van der Waals surface area contributed by atoms with Crippen molar-refractivity contribution in [3.8, 4) is 5.75 Å². The summed E-state index contributed by atoms with van der Waals surface area (Å²) in [6, 6.07) is 2.86. The van der Waals surface area contributed by atoms with Crippen molar-refractivity contribution in [3.05, 3.63) is 29.3 Å². The summed E-state index contributed by atoms with van der Waals surface area (Å²) in [6.45, 7) is 1.02. The van der Waals surface area contributed by atoms with Crippen molar-refractivity contribution in [2.45, 2.75) is 51.4 Å². The molecule has 1 aliphatic rings. The van der Waals surface area contributed by atoms with Crippen molar-refractivity contribution < 1.29 is 17.9 Å². The molecule has 4 heteroatoms. The zero-order valence-corrected chi connectivity index (χ0v) is 11.8. The van der Waals surface area contributed by atoms with E-state index in [1.807, 2.05) is 0 Å². The highest BCUT2D eigenvalue weighted by atomic mass is 19.2. The molecule has 0 radical (unpaired) electrons. The molecule has 0 bridgehead atoms. The monoisotopic (exact) mass is 286 g/mol. The standard InChI is InChI=1S/C16H21F3O/c1-2-3-11-4-6-12(7-5-11)13-8-9-14(20-10-17)16(19)15(13)18/h8-9,11-12H,2-7,10H2,1H3. The molecule has 2 rings (SSSR count). The maximum absolute atomic E-state index is 14.0. The number of hydrogen-bond donors (Lipinski definition) is 0. The van der Waals surface area contributed by atoms with Crippen LogP contribution >= 0.6 is 0 Å². The highest BCUT2D eigenvalue weighted by molar-refractivity contribution is 5.33. The highest BCUT2D eigenvalue weighted by Crippen LogP contribution is 2.39. The van der Waals surface area contributed by atoms with Crippen LogP contribution in [0.25, 0.3) is 0 Å². The van der Waals surface area contributed by atoms with Gasteiger partial charge in [-0.2, -0.15) is 4.39 Å². The molecule has 112 valence electrons. The molecular weight excluding hydrogens is 265 g/mol. The van der Waals surface area contributed by atoms with Gasteiger partial charge in [-0.25, -0.2) is 8.78 Å². The molecule has 1 aromatic carbocycles. The van der Waals surface area contributed by atoms with Crippen LogP contribution in [0.3, 0.4) is 0 Å². The third-order valence-corrected chi connectivity index (χ3v) is 4.27. The van der Waals surface area contributed by atoms with Crippen LogP contribution in [0.4, 0.5) is 13.2 Å². The van der Waals surface area contributed by atoms with E-state index in [9.17, 15) is 13.2 Å². The molecular formula is C16H21F3O. The number of rotatable bonds is 5. The second-order valence-electron chi connectivity index (χ2n) is 5.54. The summed E-state index contributed by atoms with van der Waals surface area (Å²) >= 11 is 0. The molecule has 1 fully saturated rings. The van der Waals surface area contributed by atoms with Gasteiger partial charge in [0.25, 0.3) is 0 Å². The number of benzene rings is 1. The Kier molecular flexibility index (Phi) is 5.32. The van der Waals surface area contributed by atoms with Gasteiger partial charge in [0.1, 0.15) is 0 Å². The summed E-state index contributed by atoms with van der Waals surface area (Å²) in [5.74, 6) is -1.52. The van der Waals surface area contributed by atoms with E-state index in [1.165, 1.54) is 25.0 Å². The Hall–Kier alpha value is -1.19. The molecule has 0 atom stereocenters. The Morgan fingerprint density at radius 2 is 1.80 bits per heavy atom. The van der Waals surface area contributed by atoms with Gasteiger partial charge in [-0.05, 0) is 49.1 Å². The zero-order valence-electron chi connectivity index (χ0n) is 11.8. The predicted octanol–water partition coefficient (Wildman–Crippen LogP) is 5.34. The lowest BCUT2D eigenvalue weighted by Gasteiger charge is -2.29. The summed E-state index contributed by atoms with van der Waals surface area (Å²) in [5, 5.41) is 0. The Morgan fingerprint density at radius 3 is 2.40 bits per heavy atom. The lowest BCUT2D eigenvalue weighted by Crippen LogP contribution is -2.15. The SMILES string of the molecule is CCCC1CCC(c2ccc(OCF)c(F)c2F)CC1. The maximum atomic E-state index is 14.0. The maximum Gasteiger partial charge on any atom is 0.228 e. The van der Waals surface area contributed by atoms with Crippen LogP contribution in [-0.2, 0) is 0 Å². The van der Waals surface area contributed by atoms with Gasteiger partial charge in [-0.1, -0.05) is 25.8 Å². The van der Waals surface area contributed by atoms with Gasteiger partial charge in [0.2, 0.25) is 12.7 Å². The largest absolute Gasteiger partial charge is 0.460 e. The number of alkyl halides is 1. The van der Waals surface area contributed by atoms with E-state index < -0.39 is 18.5 Å². The summed E-state index contributed by atoms with van der Waals surface area (Å²) in [7, 11) is 0. The molecule has 0 aliphatic heterocycles. The van der Waals surface area contributed by atoms with E-state index in [1.54, 1.807) is 0 Å². The van der Waals surface area contributed by atoms with Crippen molar-refractivity contribution in [2.24, 2.45) is 5.92 Å². The van der Waals surface area contributed by atoms with Crippen molar-refractivity contribution in [3.63, 3.8) is 0 Å². The van der Waals surface area contributed by atoms with Crippen LogP contribution in [0.2, 0.25) is 0 Å². The van der Waals surface area contributed by atoms with E-state index in [-0.39, 0.29) is 11.7 Å². The van der Waals surface area contributed by atoms with Crippen LogP contribution in [0.5, 0.6) is 5.75 Å². The van der Waals surface area contributed by atoms with Gasteiger partial charge >= 0.3 is 0 Å². The predicted molar refractivity (Wildman–Crippen MR) is 72.6 cm³/mol. The molecule has 0 unspecified atom stereocenters. The Balaban J connectivity index is 2.08. The highest BCUT2D eigenvalue weighted by Gasteiger charge is 2.26. The first-order chi connectivity index (χ1) is 9.67. The first-order valence-electron chi connectivity index (χ1n) is 7.34. The minimum Gasteiger partial charge on any atom is -0.460 e. The minimum atomic E-state index is -1.15. The fraction of sp³-hybridized carbons (Fsp3) is 0.625. The molecule has 1 nitrogen and oxygen atoms in total. The quantitative estimate of drug-likeness (QED) is 0.709. The lowest BCUT2D eigenvalue weighted by molar-refractivity contribution is 0.182. The average Bonchev–Trinajstić information content (AvgIpc) is 2.46. The summed E-state index contributed by atoms with van der Waals surface area (Å²) in [5.41, 5.74) is 0.406. The van der Waals surface area contributed by atoms with Gasteiger partial charge in [-0.3, -0.25) is 0 Å². The Labute approximate surface area is 118 Å². The van der Waals surface area contributed by atoms with Crippen molar-refractivity contribution in [1.82, 2.24) is 0 Å². The summed E-state index contributed by atoms with van der Waals surface area (Å²) in [4.78, 5) is 0. The third-order valence-electron chi connectivity index (χ3n) is 4.27. The lowest BCUT2D eigenvalue weighted by atomic mass is 9.77. The minimum absolute atomic E-state index is 0.0667. The van der Waals surface area contributed by atoms with E-state index in [0.29, 0.717) is 5.56 Å². The molecule has 0 aromatic heterocycles. The van der Waals surface area contributed by atoms with Gasteiger partial charge < -0.3 is 4.74 Å². The smallest absolute Gasteiger partial charge is 0.228 e. The van der Waals surface area contributed by atoms with E-state index in [4.69, 9.17) is 0 Å². The van der Waals surface area contributed by atoms with Crippen molar-refractivity contribution in [1.29, 1.82) is 0 Å². The molecule has 0 amide bonds. The number of hydrogen-bond acceptors (Lipinski definition) is 1. The van der Waals surface area contributed by atoms with Crippen LogP contribution < -0.4 is 4.74 Å². The molecule has 20 heavy (non-hydrogen) atoms. The van der Waals surface area contributed by atoms with Crippen molar-refractivity contribution >= 4 is 0 Å². The second-order valence-corrected chi connectivity index (χ2v) is 5.54. The number of halogens is 3. The molecule has 0 N–H and O–H groups in total. The van der Waals surface area contributed by atoms with Crippen LogP contribution in [-0.4, -0.2) is 6.86 Å². The van der Waals surface area contributed by atoms with Crippen molar-refractivity contribution in [2.75, 3.05) is 6.86 Å². The van der Waals surface area contributed by atoms with E-state index >= 15 is 0 Å². The van der Waals surface area contributed by atoms with Crippen LogP contribution in [0.1, 0.15) is 56.9 Å². The van der Waals surface area contributed by atoms with E-state index in [2.05, 4.69) is 11.7 Å². The fourth-order valence-electron chi connectivity index (χ4n) is 3.20.